The first kappa shape index (κ1) is 6.95. The van der Waals surface area contributed by atoms with Gasteiger partial charge in [-0.3, -0.25) is 0 Å². The maximum absolute atomic E-state index is 9.10. The molecule has 64 valence electrons. The van der Waals surface area contributed by atoms with Gasteiger partial charge in [0.25, 0.3) is 0 Å². The topological polar surface area (TPSA) is 23.8 Å². The van der Waals surface area contributed by atoms with E-state index < -0.39 is 0 Å². The van der Waals surface area contributed by atoms with Crippen molar-refractivity contribution in [2.45, 2.75) is 38.5 Å². The highest BCUT2D eigenvalue weighted by atomic mass is 14.6. The minimum atomic E-state index is 0.180. The van der Waals surface area contributed by atoms with Gasteiger partial charge in [-0.1, -0.05) is 6.42 Å². The molecular weight excluding hydrogens is 146 g/mol. The predicted octanol–water partition coefficient (Wildman–Crippen LogP) is 2.73. The highest BCUT2D eigenvalue weighted by Gasteiger charge is 2.57. The molecular formula is C11H15N. The Morgan fingerprint density at radius 1 is 1.17 bits per heavy atom. The minimum absolute atomic E-state index is 0.180. The van der Waals surface area contributed by atoms with Crippen LogP contribution < -0.4 is 0 Å². The highest BCUT2D eigenvalue weighted by molar-refractivity contribution is 5.16. The number of nitrogens with zero attached hydrogens (tertiary/aromatic N) is 1. The molecule has 3 aliphatic rings. The maximum Gasteiger partial charge on any atom is 0.0692 e. The Morgan fingerprint density at radius 2 is 2.00 bits per heavy atom. The molecule has 0 aromatic heterocycles. The SMILES string of the molecule is N#CC1(C2CC3CCC2C3)CC1. The average Bonchev–Trinajstić information content (AvgIpc) is 2.62. The Balaban J connectivity index is 1.83. The molecule has 0 spiro atoms. The van der Waals surface area contributed by atoms with Crippen molar-refractivity contribution < 1.29 is 0 Å². The summed E-state index contributed by atoms with van der Waals surface area (Å²) in [5.74, 6) is 2.75. The van der Waals surface area contributed by atoms with E-state index in [0.717, 1.165) is 17.8 Å². The Morgan fingerprint density at radius 3 is 2.42 bits per heavy atom. The van der Waals surface area contributed by atoms with Gasteiger partial charge in [0, 0.05) is 0 Å². The van der Waals surface area contributed by atoms with Crippen LogP contribution in [0.2, 0.25) is 0 Å². The molecule has 0 radical (unpaired) electrons. The molecule has 12 heavy (non-hydrogen) atoms. The summed E-state index contributed by atoms with van der Waals surface area (Å²) in [7, 11) is 0. The van der Waals surface area contributed by atoms with E-state index in [2.05, 4.69) is 6.07 Å². The van der Waals surface area contributed by atoms with Gasteiger partial charge in [0.05, 0.1) is 11.5 Å². The average molecular weight is 161 g/mol. The van der Waals surface area contributed by atoms with Crippen LogP contribution in [-0.4, -0.2) is 0 Å². The van der Waals surface area contributed by atoms with Crippen LogP contribution >= 0.6 is 0 Å². The second kappa shape index (κ2) is 2.05. The Hall–Kier alpha value is -0.510. The summed E-state index contributed by atoms with van der Waals surface area (Å²) >= 11 is 0. The third-order valence-electron chi connectivity index (χ3n) is 4.46. The van der Waals surface area contributed by atoms with Crippen LogP contribution in [0.15, 0.2) is 0 Å². The largest absolute Gasteiger partial charge is 0.198 e. The number of nitriles is 1. The lowest BCUT2D eigenvalue weighted by Crippen LogP contribution is -2.20. The van der Waals surface area contributed by atoms with Crippen LogP contribution in [0, 0.1) is 34.5 Å². The summed E-state index contributed by atoms with van der Waals surface area (Å²) in [6, 6.07) is 2.58. The fourth-order valence-electron chi connectivity index (χ4n) is 3.62. The van der Waals surface area contributed by atoms with Crippen LogP contribution in [0.5, 0.6) is 0 Å². The van der Waals surface area contributed by atoms with Crippen LogP contribution in [0.3, 0.4) is 0 Å². The lowest BCUT2D eigenvalue weighted by Gasteiger charge is -2.25. The van der Waals surface area contributed by atoms with Crippen LogP contribution in [0.25, 0.3) is 0 Å². The van der Waals surface area contributed by atoms with Crippen LogP contribution in [-0.2, 0) is 0 Å². The van der Waals surface area contributed by atoms with Gasteiger partial charge in [0.15, 0.2) is 0 Å². The second-order valence-electron chi connectivity index (χ2n) is 5.05. The van der Waals surface area contributed by atoms with E-state index in [0.29, 0.717) is 0 Å². The molecule has 0 N–H and O–H groups in total. The summed E-state index contributed by atoms with van der Waals surface area (Å²) in [5, 5.41) is 9.10. The van der Waals surface area contributed by atoms with E-state index in [9.17, 15) is 0 Å². The van der Waals surface area contributed by atoms with Gasteiger partial charge >= 0.3 is 0 Å². The third kappa shape index (κ3) is 0.736. The quantitative estimate of drug-likeness (QED) is 0.580. The number of hydrogen-bond acceptors (Lipinski definition) is 1. The zero-order chi connectivity index (χ0) is 8.18. The lowest BCUT2D eigenvalue weighted by molar-refractivity contribution is 0.252. The molecule has 0 aromatic carbocycles. The van der Waals surface area contributed by atoms with Crippen LogP contribution in [0.1, 0.15) is 38.5 Å². The normalized spacial score (nSPS) is 47.4. The molecule has 0 heterocycles. The summed E-state index contributed by atoms with van der Waals surface area (Å²) in [5.41, 5.74) is 0.180. The molecule has 0 amide bonds. The lowest BCUT2D eigenvalue weighted by atomic mass is 9.78. The van der Waals surface area contributed by atoms with Gasteiger partial charge < -0.3 is 0 Å². The third-order valence-corrected chi connectivity index (χ3v) is 4.46. The van der Waals surface area contributed by atoms with E-state index >= 15 is 0 Å². The van der Waals surface area contributed by atoms with Crippen molar-refractivity contribution >= 4 is 0 Å². The first-order valence-electron chi connectivity index (χ1n) is 5.25. The Kier molecular flexibility index (Phi) is 1.18. The highest BCUT2D eigenvalue weighted by Crippen LogP contribution is 2.63. The van der Waals surface area contributed by atoms with Gasteiger partial charge in [0.2, 0.25) is 0 Å². The first-order valence-corrected chi connectivity index (χ1v) is 5.25. The van der Waals surface area contributed by atoms with Crippen LogP contribution in [0.4, 0.5) is 0 Å². The van der Waals surface area contributed by atoms with Crippen molar-refractivity contribution in [2.75, 3.05) is 0 Å². The molecule has 3 rings (SSSR count). The van der Waals surface area contributed by atoms with Crippen molar-refractivity contribution in [2.24, 2.45) is 23.2 Å². The van der Waals surface area contributed by atoms with Gasteiger partial charge in [0.1, 0.15) is 0 Å². The fourth-order valence-corrected chi connectivity index (χ4v) is 3.62. The zero-order valence-electron chi connectivity index (χ0n) is 7.42. The molecule has 3 fully saturated rings. The number of rotatable bonds is 1. The molecule has 0 saturated heterocycles. The van der Waals surface area contributed by atoms with Crippen molar-refractivity contribution in [3.63, 3.8) is 0 Å². The monoisotopic (exact) mass is 161 g/mol. The van der Waals surface area contributed by atoms with Crippen molar-refractivity contribution in [1.29, 1.82) is 5.26 Å². The van der Waals surface area contributed by atoms with Crippen molar-refractivity contribution in [3.8, 4) is 6.07 Å². The maximum atomic E-state index is 9.10. The molecule has 2 bridgehead atoms. The van der Waals surface area contributed by atoms with E-state index in [1.165, 1.54) is 38.5 Å². The second-order valence-corrected chi connectivity index (χ2v) is 5.05. The zero-order valence-corrected chi connectivity index (χ0v) is 7.42. The van der Waals surface area contributed by atoms with Gasteiger partial charge in [-0.25, -0.2) is 0 Å². The predicted molar refractivity (Wildman–Crippen MR) is 46.2 cm³/mol. The summed E-state index contributed by atoms with van der Waals surface area (Å²) in [6.07, 6.45) is 8.14. The van der Waals surface area contributed by atoms with E-state index in [4.69, 9.17) is 5.26 Å². The van der Waals surface area contributed by atoms with Crippen molar-refractivity contribution in [3.05, 3.63) is 0 Å². The van der Waals surface area contributed by atoms with Gasteiger partial charge in [-0.05, 0) is 49.9 Å². The molecule has 0 aromatic rings. The summed E-state index contributed by atoms with van der Waals surface area (Å²) in [4.78, 5) is 0. The number of fused-ring (bicyclic) bond motifs is 2. The minimum Gasteiger partial charge on any atom is -0.198 e. The molecule has 3 unspecified atom stereocenters. The van der Waals surface area contributed by atoms with Gasteiger partial charge in [-0.2, -0.15) is 5.26 Å². The summed E-state index contributed by atoms with van der Waals surface area (Å²) < 4.78 is 0. The Labute approximate surface area is 73.8 Å². The Bertz CT molecular complexity index is 246. The molecule has 3 saturated carbocycles. The van der Waals surface area contributed by atoms with Gasteiger partial charge in [-0.15, -0.1) is 0 Å². The van der Waals surface area contributed by atoms with Crippen molar-refractivity contribution in [1.82, 2.24) is 0 Å². The fraction of sp³-hybridized carbons (Fsp3) is 0.909. The van der Waals surface area contributed by atoms with E-state index in [1.807, 2.05) is 0 Å². The standard InChI is InChI=1S/C11H15N/c12-7-11(3-4-11)10-6-8-1-2-9(10)5-8/h8-10H,1-6H2. The smallest absolute Gasteiger partial charge is 0.0692 e. The number of hydrogen-bond donors (Lipinski definition) is 0. The van der Waals surface area contributed by atoms with E-state index in [1.54, 1.807) is 0 Å². The first-order chi connectivity index (χ1) is 5.84. The molecule has 3 aliphatic carbocycles. The molecule has 1 nitrogen and oxygen atoms in total. The molecule has 0 aliphatic heterocycles. The molecule has 1 heteroatoms. The van der Waals surface area contributed by atoms with E-state index in [-0.39, 0.29) is 5.41 Å². The summed E-state index contributed by atoms with van der Waals surface area (Å²) in [6.45, 7) is 0. The molecule has 3 atom stereocenters.